The summed E-state index contributed by atoms with van der Waals surface area (Å²) in [7, 11) is 0. The molecule has 0 aromatic heterocycles. The number of terminal acetylenes is 1. The predicted octanol–water partition coefficient (Wildman–Crippen LogP) is 1.75. The third-order valence-electron chi connectivity index (χ3n) is 4.21. The Hall–Kier alpha value is -1.10. The highest BCUT2D eigenvalue weighted by molar-refractivity contribution is 4.87. The molecule has 0 saturated carbocycles. The van der Waals surface area contributed by atoms with Gasteiger partial charge in [0.1, 0.15) is 6.61 Å². The largest absolute Gasteiger partial charge is 0.379 e. The van der Waals surface area contributed by atoms with Crippen molar-refractivity contribution < 1.29 is 47.4 Å². The van der Waals surface area contributed by atoms with Crippen LogP contribution in [0.5, 0.6) is 0 Å². The minimum atomic E-state index is 0.311. The summed E-state index contributed by atoms with van der Waals surface area (Å²) >= 11 is 0. The fourth-order valence-corrected chi connectivity index (χ4v) is 2.36. The van der Waals surface area contributed by atoms with Crippen LogP contribution in [0.4, 0.5) is 0 Å². The summed E-state index contributed by atoms with van der Waals surface area (Å²) in [6.07, 6.45) is 5.96. The van der Waals surface area contributed by atoms with Gasteiger partial charge in [-0.1, -0.05) is 11.5 Å². The molecule has 0 rings (SSSR count). The van der Waals surface area contributed by atoms with Crippen molar-refractivity contribution in [3.05, 3.63) is 12.2 Å². The van der Waals surface area contributed by atoms with Crippen LogP contribution in [0.3, 0.4) is 0 Å². The Bertz CT molecular complexity index is 484. The van der Waals surface area contributed by atoms with Crippen molar-refractivity contribution in [3.8, 4) is 12.3 Å². The average molecular weight is 521 g/mol. The van der Waals surface area contributed by atoms with Crippen LogP contribution in [0.2, 0.25) is 0 Å². The highest BCUT2D eigenvalue weighted by Crippen LogP contribution is 1.94. The van der Waals surface area contributed by atoms with Gasteiger partial charge in [0, 0.05) is 0 Å². The topological polar surface area (TPSA) is 92.3 Å². The van der Waals surface area contributed by atoms with E-state index in [1.54, 1.807) is 0 Å². The first-order valence-electron chi connectivity index (χ1n) is 12.6. The quantitative estimate of drug-likeness (QED) is 0.0765. The average Bonchev–Trinajstić information content (AvgIpc) is 2.87. The monoisotopic (exact) mass is 520 g/mol. The summed E-state index contributed by atoms with van der Waals surface area (Å²) in [5.41, 5.74) is 1.13. The molecule has 0 aromatic carbocycles. The van der Waals surface area contributed by atoms with Crippen LogP contribution in [-0.4, -0.2) is 132 Å². The fourth-order valence-electron chi connectivity index (χ4n) is 2.36. The van der Waals surface area contributed by atoms with Crippen molar-refractivity contribution in [1.82, 2.24) is 0 Å². The second-order valence-corrected chi connectivity index (χ2v) is 7.48. The first-order chi connectivity index (χ1) is 17.8. The molecule has 0 heterocycles. The molecular formula is C26H48O10. The lowest BCUT2D eigenvalue weighted by Gasteiger charge is -2.09. The molecule has 0 bridgehead atoms. The van der Waals surface area contributed by atoms with Gasteiger partial charge in [0.2, 0.25) is 0 Å². The maximum absolute atomic E-state index is 5.45. The van der Waals surface area contributed by atoms with Crippen LogP contribution in [0.1, 0.15) is 13.3 Å². The molecule has 10 nitrogen and oxygen atoms in total. The lowest BCUT2D eigenvalue weighted by molar-refractivity contribution is -0.0260. The van der Waals surface area contributed by atoms with Gasteiger partial charge in [0.15, 0.2) is 0 Å². The van der Waals surface area contributed by atoms with Crippen molar-refractivity contribution in [2.45, 2.75) is 13.3 Å². The van der Waals surface area contributed by atoms with E-state index < -0.39 is 0 Å². The second kappa shape index (κ2) is 31.9. The molecule has 0 radical (unpaired) electrons. The fraction of sp³-hybridized carbons (Fsp3) is 0.846. The summed E-state index contributed by atoms with van der Waals surface area (Å²) < 4.78 is 53.9. The van der Waals surface area contributed by atoms with Gasteiger partial charge in [-0.15, -0.1) is 13.0 Å². The molecule has 0 atom stereocenters. The Balaban J connectivity index is 3.02. The van der Waals surface area contributed by atoms with Crippen molar-refractivity contribution in [3.63, 3.8) is 0 Å². The van der Waals surface area contributed by atoms with E-state index in [-0.39, 0.29) is 0 Å². The minimum absolute atomic E-state index is 0.311. The van der Waals surface area contributed by atoms with Crippen molar-refractivity contribution in [1.29, 1.82) is 0 Å². The maximum atomic E-state index is 5.45. The highest BCUT2D eigenvalue weighted by atomic mass is 16.6. The summed E-state index contributed by atoms with van der Waals surface area (Å²) in [4.78, 5) is 0. The Morgan fingerprint density at radius 1 is 0.444 bits per heavy atom. The molecule has 0 spiro atoms. The molecule has 0 unspecified atom stereocenters. The van der Waals surface area contributed by atoms with Gasteiger partial charge in [0.25, 0.3) is 0 Å². The molecule has 0 fully saturated rings. The van der Waals surface area contributed by atoms with Gasteiger partial charge in [0.05, 0.1) is 126 Å². The lowest BCUT2D eigenvalue weighted by atomic mass is 10.3. The van der Waals surface area contributed by atoms with E-state index in [1.165, 1.54) is 0 Å². The molecule has 0 saturated heterocycles. The molecule has 0 amide bonds. The van der Waals surface area contributed by atoms with E-state index in [0.717, 1.165) is 12.0 Å². The molecule has 0 N–H and O–H groups in total. The number of hydrogen-bond donors (Lipinski definition) is 0. The van der Waals surface area contributed by atoms with Gasteiger partial charge < -0.3 is 47.4 Å². The van der Waals surface area contributed by atoms with E-state index in [2.05, 4.69) is 12.5 Å². The van der Waals surface area contributed by atoms with E-state index >= 15 is 0 Å². The zero-order valence-corrected chi connectivity index (χ0v) is 22.2. The standard InChI is InChI=1S/C26H48O10/c1-4-6-27-8-10-29-12-14-31-16-18-33-20-22-35-24-25-36-23-21-34-19-17-32-15-13-30-11-9-28-7-5-26(2)3/h1H,2,5-25H2,3H3. The molecule has 0 aromatic rings. The number of ether oxygens (including phenoxy) is 10. The molecule has 36 heavy (non-hydrogen) atoms. The van der Waals surface area contributed by atoms with Crippen LogP contribution < -0.4 is 0 Å². The Labute approximate surface area is 217 Å². The van der Waals surface area contributed by atoms with Crippen LogP contribution >= 0.6 is 0 Å². The van der Waals surface area contributed by atoms with Crippen molar-refractivity contribution >= 4 is 0 Å². The third-order valence-corrected chi connectivity index (χ3v) is 4.21. The van der Waals surface area contributed by atoms with Gasteiger partial charge >= 0.3 is 0 Å². The molecule has 0 aliphatic heterocycles. The summed E-state index contributed by atoms with van der Waals surface area (Å²) in [5, 5.41) is 0. The number of hydrogen-bond acceptors (Lipinski definition) is 10. The predicted molar refractivity (Wildman–Crippen MR) is 136 cm³/mol. The van der Waals surface area contributed by atoms with E-state index in [4.69, 9.17) is 53.8 Å². The molecule has 10 heteroatoms. The van der Waals surface area contributed by atoms with Gasteiger partial charge in [-0.2, -0.15) is 0 Å². The molecular weight excluding hydrogens is 472 g/mol. The summed E-state index contributed by atoms with van der Waals surface area (Å²) in [5.74, 6) is 2.40. The zero-order valence-electron chi connectivity index (χ0n) is 22.2. The molecule has 0 aliphatic rings. The van der Waals surface area contributed by atoms with Crippen molar-refractivity contribution in [2.24, 2.45) is 0 Å². The van der Waals surface area contributed by atoms with Crippen LogP contribution in [0, 0.1) is 12.3 Å². The van der Waals surface area contributed by atoms with E-state index in [9.17, 15) is 0 Å². The SMILES string of the molecule is C#CCOCCOCCOCCOCCOCCOCCOCCOCCOCCOCCC(=C)C. The third kappa shape index (κ3) is 32.9. The van der Waals surface area contributed by atoms with Gasteiger partial charge in [-0.05, 0) is 13.3 Å². The van der Waals surface area contributed by atoms with E-state index in [0.29, 0.717) is 132 Å². The summed E-state index contributed by atoms with van der Waals surface area (Å²) in [6, 6.07) is 0. The first-order valence-corrected chi connectivity index (χ1v) is 12.6. The number of rotatable bonds is 31. The van der Waals surface area contributed by atoms with Crippen molar-refractivity contribution in [2.75, 3.05) is 132 Å². The lowest BCUT2D eigenvalue weighted by Crippen LogP contribution is -2.15. The van der Waals surface area contributed by atoms with E-state index in [1.807, 2.05) is 6.92 Å². The summed E-state index contributed by atoms with van der Waals surface area (Å²) in [6.45, 7) is 16.3. The highest BCUT2D eigenvalue weighted by Gasteiger charge is 1.96. The van der Waals surface area contributed by atoms with Gasteiger partial charge in [-0.25, -0.2) is 0 Å². The molecule has 212 valence electrons. The Kier molecular flexibility index (Phi) is 31.0. The van der Waals surface area contributed by atoms with Gasteiger partial charge in [-0.3, -0.25) is 0 Å². The van der Waals surface area contributed by atoms with Crippen LogP contribution in [0.25, 0.3) is 0 Å². The Morgan fingerprint density at radius 3 is 0.889 bits per heavy atom. The first kappa shape index (κ1) is 34.9. The molecule has 0 aliphatic carbocycles. The van der Waals surface area contributed by atoms with Crippen LogP contribution in [-0.2, 0) is 47.4 Å². The second-order valence-electron chi connectivity index (χ2n) is 7.48. The van der Waals surface area contributed by atoms with Crippen LogP contribution in [0.15, 0.2) is 12.2 Å². The minimum Gasteiger partial charge on any atom is -0.379 e. The zero-order chi connectivity index (χ0) is 26.2. The smallest absolute Gasteiger partial charge is 0.107 e. The Morgan fingerprint density at radius 2 is 0.667 bits per heavy atom. The maximum Gasteiger partial charge on any atom is 0.107 e. The normalized spacial score (nSPS) is 11.1.